The summed E-state index contributed by atoms with van der Waals surface area (Å²) < 4.78 is 15.5. The number of rotatable bonds is 3. The Labute approximate surface area is 155 Å². The number of carbonyl (C=O) groups excluding carboxylic acids is 1. The molecule has 0 aliphatic heterocycles. The zero-order valence-electron chi connectivity index (χ0n) is 14.9. The number of hydrogen-bond acceptors (Lipinski definition) is 3. The van der Waals surface area contributed by atoms with E-state index >= 15 is 0 Å². The van der Waals surface area contributed by atoms with Crippen LogP contribution in [-0.2, 0) is 0 Å². The first kappa shape index (κ1) is 16.9. The molecule has 0 aliphatic rings. The van der Waals surface area contributed by atoms with Crippen LogP contribution in [0.1, 0.15) is 21.6 Å². The number of anilines is 1. The lowest BCUT2D eigenvalue weighted by Crippen LogP contribution is -2.13. The zero-order chi connectivity index (χ0) is 19.0. The van der Waals surface area contributed by atoms with Crippen LogP contribution in [0.15, 0.2) is 60.9 Å². The number of benzene rings is 2. The number of pyridine rings is 1. The van der Waals surface area contributed by atoms with Crippen LogP contribution < -0.4 is 5.32 Å². The van der Waals surface area contributed by atoms with Gasteiger partial charge in [-0.25, -0.2) is 9.07 Å². The Bertz CT molecular complexity index is 1170. The SMILES string of the molecule is Cc1ccc(NC(=O)c2cnn(-c3ccccc3F)c2C)c2cccnc12. The van der Waals surface area contributed by atoms with E-state index in [1.54, 1.807) is 31.3 Å². The van der Waals surface area contributed by atoms with E-state index in [0.29, 0.717) is 22.6 Å². The molecule has 1 N–H and O–H groups in total. The molecule has 0 atom stereocenters. The third kappa shape index (κ3) is 2.95. The van der Waals surface area contributed by atoms with E-state index in [2.05, 4.69) is 15.4 Å². The summed E-state index contributed by atoms with van der Waals surface area (Å²) in [6.07, 6.45) is 3.18. The molecular formula is C21H17FN4O. The van der Waals surface area contributed by atoms with E-state index in [-0.39, 0.29) is 5.91 Å². The number of halogens is 1. The lowest BCUT2D eigenvalue weighted by molar-refractivity contribution is 0.102. The van der Waals surface area contributed by atoms with Crippen LogP contribution in [0.2, 0.25) is 0 Å². The van der Waals surface area contributed by atoms with Gasteiger partial charge < -0.3 is 5.32 Å². The van der Waals surface area contributed by atoms with Crippen molar-refractivity contribution < 1.29 is 9.18 Å². The number of fused-ring (bicyclic) bond motifs is 1. The molecule has 0 saturated heterocycles. The first-order valence-electron chi connectivity index (χ1n) is 8.51. The second-order valence-corrected chi connectivity index (χ2v) is 6.29. The number of aromatic nitrogens is 3. The molecule has 0 radical (unpaired) electrons. The smallest absolute Gasteiger partial charge is 0.259 e. The van der Waals surface area contributed by atoms with Crippen molar-refractivity contribution in [3.63, 3.8) is 0 Å². The maximum atomic E-state index is 14.1. The highest BCUT2D eigenvalue weighted by atomic mass is 19.1. The molecule has 1 amide bonds. The summed E-state index contributed by atoms with van der Waals surface area (Å²) in [5, 5.41) is 7.98. The first-order valence-corrected chi connectivity index (χ1v) is 8.51. The average Bonchev–Trinajstić information content (AvgIpc) is 3.06. The molecule has 134 valence electrons. The predicted molar refractivity (Wildman–Crippen MR) is 103 cm³/mol. The van der Waals surface area contributed by atoms with Crippen LogP contribution in [0, 0.1) is 19.7 Å². The fourth-order valence-electron chi connectivity index (χ4n) is 3.11. The monoisotopic (exact) mass is 360 g/mol. The van der Waals surface area contributed by atoms with Crippen molar-refractivity contribution in [1.29, 1.82) is 0 Å². The van der Waals surface area contributed by atoms with Gasteiger partial charge in [0, 0.05) is 11.6 Å². The average molecular weight is 360 g/mol. The van der Waals surface area contributed by atoms with Crippen molar-refractivity contribution in [1.82, 2.24) is 14.8 Å². The van der Waals surface area contributed by atoms with Crippen LogP contribution in [-0.4, -0.2) is 20.7 Å². The summed E-state index contributed by atoms with van der Waals surface area (Å²) in [5.74, 6) is -0.699. The van der Waals surface area contributed by atoms with E-state index in [4.69, 9.17) is 0 Å². The lowest BCUT2D eigenvalue weighted by Gasteiger charge is -2.10. The van der Waals surface area contributed by atoms with Gasteiger partial charge in [-0.3, -0.25) is 9.78 Å². The van der Waals surface area contributed by atoms with Gasteiger partial charge in [-0.05, 0) is 49.7 Å². The van der Waals surface area contributed by atoms with Crippen molar-refractivity contribution in [2.24, 2.45) is 0 Å². The summed E-state index contributed by atoms with van der Waals surface area (Å²) in [7, 11) is 0. The number of para-hydroxylation sites is 1. The molecule has 4 rings (SSSR count). The van der Waals surface area contributed by atoms with Gasteiger partial charge in [0.1, 0.15) is 11.5 Å². The molecule has 0 bridgehead atoms. The fraction of sp³-hybridized carbons (Fsp3) is 0.0952. The quantitative estimate of drug-likeness (QED) is 0.588. The van der Waals surface area contributed by atoms with Crippen molar-refractivity contribution in [3.8, 4) is 5.69 Å². The maximum absolute atomic E-state index is 14.1. The summed E-state index contributed by atoms with van der Waals surface area (Å²) in [6, 6.07) is 13.8. The summed E-state index contributed by atoms with van der Waals surface area (Å²) >= 11 is 0. The molecule has 5 nitrogen and oxygen atoms in total. The number of nitrogens with one attached hydrogen (secondary N) is 1. The number of hydrogen-bond donors (Lipinski definition) is 1. The van der Waals surface area contributed by atoms with E-state index in [0.717, 1.165) is 16.5 Å². The maximum Gasteiger partial charge on any atom is 0.259 e. The second-order valence-electron chi connectivity index (χ2n) is 6.29. The highest BCUT2D eigenvalue weighted by molar-refractivity contribution is 6.09. The topological polar surface area (TPSA) is 59.8 Å². The standard InChI is InChI=1S/C21H17FN4O/c1-13-9-10-18(15-6-5-11-23-20(13)15)25-21(27)16-12-24-26(14(16)2)19-8-4-3-7-17(19)22/h3-12H,1-2H3,(H,25,27). The molecule has 0 unspecified atom stereocenters. The van der Waals surface area contributed by atoms with Gasteiger partial charge in [-0.1, -0.05) is 18.2 Å². The Balaban J connectivity index is 1.70. The minimum atomic E-state index is -0.397. The molecule has 0 saturated carbocycles. The molecule has 2 aromatic carbocycles. The Morgan fingerprint density at radius 2 is 1.89 bits per heavy atom. The molecule has 4 aromatic rings. The van der Waals surface area contributed by atoms with Gasteiger partial charge in [0.2, 0.25) is 0 Å². The Hall–Kier alpha value is -3.54. The lowest BCUT2D eigenvalue weighted by atomic mass is 10.1. The largest absolute Gasteiger partial charge is 0.321 e. The Kier molecular flexibility index (Phi) is 4.16. The van der Waals surface area contributed by atoms with Gasteiger partial charge in [0.05, 0.1) is 28.7 Å². The summed E-state index contributed by atoms with van der Waals surface area (Å²) in [4.78, 5) is 17.2. The number of amides is 1. The van der Waals surface area contributed by atoms with E-state index in [1.165, 1.54) is 16.9 Å². The van der Waals surface area contributed by atoms with Crippen molar-refractivity contribution in [2.45, 2.75) is 13.8 Å². The molecule has 0 fully saturated rings. The Morgan fingerprint density at radius 3 is 2.70 bits per heavy atom. The molecular weight excluding hydrogens is 343 g/mol. The summed E-state index contributed by atoms with van der Waals surface area (Å²) in [5.41, 5.74) is 3.80. The molecule has 0 aliphatic carbocycles. The van der Waals surface area contributed by atoms with E-state index in [9.17, 15) is 9.18 Å². The van der Waals surface area contributed by atoms with Gasteiger partial charge in [-0.15, -0.1) is 0 Å². The van der Waals surface area contributed by atoms with Crippen molar-refractivity contribution >= 4 is 22.5 Å². The summed E-state index contributed by atoms with van der Waals surface area (Å²) in [6.45, 7) is 3.71. The van der Waals surface area contributed by atoms with Gasteiger partial charge in [-0.2, -0.15) is 5.10 Å². The molecule has 2 heterocycles. The van der Waals surface area contributed by atoms with E-state index < -0.39 is 5.82 Å². The van der Waals surface area contributed by atoms with Crippen molar-refractivity contribution in [2.75, 3.05) is 5.32 Å². The van der Waals surface area contributed by atoms with Gasteiger partial charge >= 0.3 is 0 Å². The van der Waals surface area contributed by atoms with Crippen molar-refractivity contribution in [3.05, 3.63) is 83.6 Å². The molecule has 6 heteroatoms. The fourth-order valence-corrected chi connectivity index (χ4v) is 3.11. The minimum Gasteiger partial charge on any atom is -0.321 e. The van der Waals surface area contributed by atoms with Crippen LogP contribution in [0.5, 0.6) is 0 Å². The minimum absolute atomic E-state index is 0.302. The normalized spacial score (nSPS) is 10.9. The molecule has 0 spiro atoms. The van der Waals surface area contributed by atoms with Crippen LogP contribution in [0.3, 0.4) is 0 Å². The Morgan fingerprint density at radius 1 is 1.07 bits per heavy atom. The van der Waals surface area contributed by atoms with Crippen LogP contribution in [0.4, 0.5) is 10.1 Å². The predicted octanol–water partition coefficient (Wildman–Crippen LogP) is 4.43. The molecule has 27 heavy (non-hydrogen) atoms. The van der Waals surface area contributed by atoms with Gasteiger partial charge in [0.25, 0.3) is 5.91 Å². The highest BCUT2D eigenvalue weighted by Crippen LogP contribution is 2.25. The number of carbonyl (C=O) groups is 1. The molecule has 2 aromatic heterocycles. The second kappa shape index (κ2) is 6.64. The number of aryl methyl sites for hydroxylation is 1. The third-order valence-electron chi connectivity index (χ3n) is 4.55. The van der Waals surface area contributed by atoms with Gasteiger partial charge in [0.15, 0.2) is 0 Å². The first-order chi connectivity index (χ1) is 13.1. The zero-order valence-corrected chi connectivity index (χ0v) is 14.9. The number of nitrogens with zero attached hydrogens (tertiary/aromatic N) is 3. The van der Waals surface area contributed by atoms with Crippen LogP contribution >= 0.6 is 0 Å². The highest BCUT2D eigenvalue weighted by Gasteiger charge is 2.18. The van der Waals surface area contributed by atoms with Crippen LogP contribution in [0.25, 0.3) is 16.6 Å². The van der Waals surface area contributed by atoms with E-state index in [1.807, 2.05) is 31.2 Å². The third-order valence-corrected chi connectivity index (χ3v) is 4.55.